The first-order valence-electron chi connectivity index (χ1n) is 9.72. The van der Waals surface area contributed by atoms with Crippen molar-refractivity contribution in [3.8, 4) is 0 Å². The van der Waals surface area contributed by atoms with Crippen molar-refractivity contribution in [1.29, 1.82) is 0 Å². The number of urea groups is 1. The average molecular weight is 436 g/mol. The van der Waals surface area contributed by atoms with Crippen LogP contribution in [0.5, 0.6) is 0 Å². The third-order valence-corrected chi connectivity index (χ3v) is 6.87. The minimum Gasteiger partial charge on any atom is -0.327 e. The Morgan fingerprint density at radius 3 is 2.30 bits per heavy atom. The number of hydrogen-bond donors (Lipinski definition) is 0. The van der Waals surface area contributed by atoms with Gasteiger partial charge in [-0.25, -0.2) is 27.4 Å². The molecule has 2 heterocycles. The van der Waals surface area contributed by atoms with Crippen LogP contribution in [0.3, 0.4) is 0 Å². The van der Waals surface area contributed by atoms with E-state index in [2.05, 4.69) is 4.98 Å². The van der Waals surface area contributed by atoms with Gasteiger partial charge in [-0.05, 0) is 31.5 Å². The van der Waals surface area contributed by atoms with Gasteiger partial charge in [-0.2, -0.15) is 0 Å². The number of imidazole rings is 1. The molecule has 3 rings (SSSR count). The summed E-state index contributed by atoms with van der Waals surface area (Å²) in [6.45, 7) is 4.34. The zero-order chi connectivity index (χ0) is 22.2. The summed E-state index contributed by atoms with van der Waals surface area (Å²) >= 11 is 0. The molecule has 0 saturated carbocycles. The van der Waals surface area contributed by atoms with Gasteiger partial charge in [0.1, 0.15) is 5.82 Å². The lowest BCUT2D eigenvalue weighted by Gasteiger charge is -2.15. The van der Waals surface area contributed by atoms with Crippen LogP contribution in [-0.2, 0) is 32.7 Å². The SMILES string of the molecule is CCCCN1C(=O)C(=O)N(Cc2nc3cc(S(=O)(=O)N(C)C)ccc3n2CC)C1=O. The topological polar surface area (TPSA) is 113 Å². The highest BCUT2D eigenvalue weighted by atomic mass is 32.2. The summed E-state index contributed by atoms with van der Waals surface area (Å²) in [7, 11) is -0.736. The lowest BCUT2D eigenvalue weighted by molar-refractivity contribution is -0.143. The number of sulfonamides is 1. The second-order valence-corrected chi connectivity index (χ2v) is 9.35. The summed E-state index contributed by atoms with van der Waals surface area (Å²) in [5, 5.41) is 0. The smallest absolute Gasteiger partial charge is 0.327 e. The molecule has 30 heavy (non-hydrogen) atoms. The molecule has 1 aromatic carbocycles. The van der Waals surface area contributed by atoms with Crippen LogP contribution in [-0.4, -0.2) is 70.6 Å². The summed E-state index contributed by atoms with van der Waals surface area (Å²) in [4.78, 5) is 43.6. The second-order valence-electron chi connectivity index (χ2n) is 7.19. The van der Waals surface area contributed by atoms with Crippen LogP contribution < -0.4 is 0 Å². The van der Waals surface area contributed by atoms with Crippen LogP contribution >= 0.6 is 0 Å². The Morgan fingerprint density at radius 1 is 1.03 bits per heavy atom. The fourth-order valence-corrected chi connectivity index (χ4v) is 4.27. The summed E-state index contributed by atoms with van der Waals surface area (Å²) in [5.74, 6) is -1.30. The summed E-state index contributed by atoms with van der Waals surface area (Å²) < 4.78 is 27.7. The van der Waals surface area contributed by atoms with Crippen LogP contribution in [0.2, 0.25) is 0 Å². The number of aryl methyl sites for hydroxylation is 1. The first-order valence-corrected chi connectivity index (χ1v) is 11.2. The van der Waals surface area contributed by atoms with Crippen molar-refractivity contribution in [2.24, 2.45) is 0 Å². The van der Waals surface area contributed by atoms with Crippen molar-refractivity contribution < 1.29 is 22.8 Å². The minimum atomic E-state index is -3.63. The minimum absolute atomic E-state index is 0.0987. The number of amides is 4. The van der Waals surface area contributed by atoms with Crippen molar-refractivity contribution in [3.05, 3.63) is 24.0 Å². The van der Waals surface area contributed by atoms with Gasteiger partial charge in [-0.15, -0.1) is 0 Å². The number of benzene rings is 1. The molecule has 0 radical (unpaired) electrons. The molecule has 0 aliphatic carbocycles. The number of unbranched alkanes of at least 4 members (excludes halogenated alkanes) is 1. The maximum atomic E-state index is 12.6. The van der Waals surface area contributed by atoms with E-state index in [1.807, 2.05) is 13.8 Å². The van der Waals surface area contributed by atoms with Gasteiger partial charge in [0.2, 0.25) is 10.0 Å². The highest BCUT2D eigenvalue weighted by Crippen LogP contribution is 2.24. The molecule has 1 aromatic heterocycles. The molecule has 0 unspecified atom stereocenters. The average Bonchev–Trinajstić information content (AvgIpc) is 3.15. The third-order valence-electron chi connectivity index (χ3n) is 5.06. The molecular weight excluding hydrogens is 410 g/mol. The van der Waals surface area contributed by atoms with E-state index < -0.39 is 27.9 Å². The van der Waals surface area contributed by atoms with Crippen molar-refractivity contribution in [2.75, 3.05) is 20.6 Å². The van der Waals surface area contributed by atoms with Gasteiger partial charge in [0.05, 0.1) is 22.5 Å². The van der Waals surface area contributed by atoms with Crippen LogP contribution in [0.15, 0.2) is 23.1 Å². The Hall–Kier alpha value is -2.79. The van der Waals surface area contributed by atoms with Crippen molar-refractivity contribution >= 4 is 38.9 Å². The van der Waals surface area contributed by atoms with E-state index >= 15 is 0 Å². The molecule has 1 saturated heterocycles. The summed E-state index contributed by atoms with van der Waals surface area (Å²) in [5.41, 5.74) is 1.11. The molecule has 11 heteroatoms. The zero-order valence-electron chi connectivity index (χ0n) is 17.5. The van der Waals surface area contributed by atoms with E-state index in [4.69, 9.17) is 0 Å². The number of aromatic nitrogens is 2. The first-order chi connectivity index (χ1) is 14.1. The van der Waals surface area contributed by atoms with E-state index in [-0.39, 0.29) is 18.0 Å². The molecule has 0 bridgehead atoms. The summed E-state index contributed by atoms with van der Waals surface area (Å²) in [6, 6.07) is 3.96. The van der Waals surface area contributed by atoms with Gasteiger partial charge < -0.3 is 4.57 Å². The van der Waals surface area contributed by atoms with E-state index in [1.54, 1.807) is 10.6 Å². The Labute approximate surface area is 175 Å². The van der Waals surface area contributed by atoms with Gasteiger partial charge >= 0.3 is 17.8 Å². The summed E-state index contributed by atoms with van der Waals surface area (Å²) in [6.07, 6.45) is 1.41. The van der Waals surface area contributed by atoms with Crippen LogP contribution in [0.1, 0.15) is 32.5 Å². The van der Waals surface area contributed by atoms with Gasteiger partial charge in [0, 0.05) is 27.2 Å². The standard InChI is InChI=1S/C19H25N5O5S/c1-5-7-10-23-17(25)18(26)24(19(23)27)12-16-20-14-11-13(30(28,29)21(3)4)8-9-15(14)22(16)6-2/h8-9,11H,5-7,10,12H2,1-4H3. The number of nitrogens with zero attached hydrogens (tertiary/aromatic N) is 5. The Bertz CT molecular complexity index is 1120. The molecule has 0 spiro atoms. The van der Waals surface area contributed by atoms with Crippen molar-refractivity contribution in [2.45, 2.75) is 44.7 Å². The lowest BCUT2D eigenvalue weighted by atomic mass is 10.3. The molecule has 1 aliphatic rings. The van der Waals surface area contributed by atoms with E-state index in [9.17, 15) is 22.8 Å². The normalized spacial score (nSPS) is 15.3. The quantitative estimate of drug-likeness (QED) is 0.457. The Morgan fingerprint density at radius 2 is 1.70 bits per heavy atom. The molecular formula is C19H25N5O5S. The maximum Gasteiger partial charge on any atom is 0.334 e. The highest BCUT2D eigenvalue weighted by Gasteiger charge is 2.44. The van der Waals surface area contributed by atoms with Crippen LogP contribution in [0.25, 0.3) is 11.0 Å². The number of carbonyl (C=O) groups is 3. The van der Waals surface area contributed by atoms with E-state index in [1.165, 1.54) is 26.2 Å². The molecule has 0 atom stereocenters. The monoisotopic (exact) mass is 435 g/mol. The predicted molar refractivity (Wildman–Crippen MR) is 109 cm³/mol. The molecule has 4 amide bonds. The molecule has 10 nitrogen and oxygen atoms in total. The number of imide groups is 2. The predicted octanol–water partition coefficient (Wildman–Crippen LogP) is 1.40. The highest BCUT2D eigenvalue weighted by molar-refractivity contribution is 7.89. The third kappa shape index (κ3) is 3.58. The van der Waals surface area contributed by atoms with E-state index in [0.29, 0.717) is 29.8 Å². The molecule has 1 aliphatic heterocycles. The van der Waals surface area contributed by atoms with Crippen molar-refractivity contribution in [1.82, 2.24) is 23.7 Å². The van der Waals surface area contributed by atoms with Gasteiger partial charge in [0.25, 0.3) is 0 Å². The van der Waals surface area contributed by atoms with Crippen LogP contribution in [0, 0.1) is 0 Å². The van der Waals surface area contributed by atoms with E-state index in [0.717, 1.165) is 20.5 Å². The molecule has 0 N–H and O–H groups in total. The largest absolute Gasteiger partial charge is 0.334 e. The molecule has 1 fully saturated rings. The van der Waals surface area contributed by atoms with Crippen molar-refractivity contribution in [3.63, 3.8) is 0 Å². The lowest BCUT2D eigenvalue weighted by Crippen LogP contribution is -2.34. The number of rotatable bonds is 8. The fraction of sp³-hybridized carbons (Fsp3) is 0.474. The Balaban J connectivity index is 1.97. The van der Waals surface area contributed by atoms with Gasteiger partial charge in [-0.1, -0.05) is 13.3 Å². The first kappa shape index (κ1) is 21.9. The van der Waals surface area contributed by atoms with Crippen LogP contribution in [0.4, 0.5) is 4.79 Å². The number of fused-ring (bicyclic) bond motifs is 1. The Kier molecular flexibility index (Phi) is 5.95. The zero-order valence-corrected chi connectivity index (χ0v) is 18.3. The molecule has 2 aromatic rings. The number of carbonyl (C=O) groups excluding carboxylic acids is 3. The fourth-order valence-electron chi connectivity index (χ4n) is 3.35. The number of hydrogen-bond acceptors (Lipinski definition) is 6. The molecule has 162 valence electrons. The second kappa shape index (κ2) is 8.15. The van der Waals surface area contributed by atoms with Gasteiger partial charge in [-0.3, -0.25) is 14.5 Å². The maximum absolute atomic E-state index is 12.6. The van der Waals surface area contributed by atoms with Gasteiger partial charge in [0.15, 0.2) is 0 Å².